The van der Waals surface area contributed by atoms with E-state index in [-0.39, 0.29) is 23.4 Å². The number of nitrogens with one attached hydrogen (secondary N) is 1. The third-order valence-electron chi connectivity index (χ3n) is 5.22. The van der Waals surface area contributed by atoms with Crippen LogP contribution in [0.15, 0.2) is 47.4 Å². The molecule has 1 atom stereocenters. The molecule has 0 aromatic heterocycles. The number of carbonyl (C=O) groups excluding carboxylic acids is 1. The van der Waals surface area contributed by atoms with Gasteiger partial charge in [-0.2, -0.15) is 4.72 Å². The van der Waals surface area contributed by atoms with Gasteiger partial charge in [-0.15, -0.1) is 6.42 Å². The summed E-state index contributed by atoms with van der Waals surface area (Å²) in [6.45, 7) is 1.51. The Morgan fingerprint density at radius 3 is 2.77 bits per heavy atom. The quantitative estimate of drug-likeness (QED) is 0.742. The summed E-state index contributed by atoms with van der Waals surface area (Å²) in [4.78, 5) is 15.0. The van der Waals surface area contributed by atoms with Crippen LogP contribution < -0.4 is 14.2 Å². The fraction of sp³-hybridized carbons (Fsp3) is 0.318. The minimum Gasteiger partial charge on any atom is -0.486 e. The summed E-state index contributed by atoms with van der Waals surface area (Å²) >= 11 is 0. The van der Waals surface area contributed by atoms with E-state index in [0.29, 0.717) is 36.8 Å². The van der Waals surface area contributed by atoms with Crippen molar-refractivity contribution in [3.05, 3.63) is 53.6 Å². The monoisotopic (exact) mass is 426 g/mol. The lowest BCUT2D eigenvalue weighted by Crippen LogP contribution is -2.31. The zero-order chi connectivity index (χ0) is 21.1. The van der Waals surface area contributed by atoms with Gasteiger partial charge in [0.15, 0.2) is 11.5 Å². The van der Waals surface area contributed by atoms with Gasteiger partial charge in [0, 0.05) is 12.1 Å². The van der Waals surface area contributed by atoms with Gasteiger partial charge in [0.1, 0.15) is 13.2 Å². The number of benzene rings is 2. The van der Waals surface area contributed by atoms with Crippen LogP contribution in [0.5, 0.6) is 11.5 Å². The summed E-state index contributed by atoms with van der Waals surface area (Å²) < 4.78 is 38.3. The average Bonchev–Trinajstić information content (AvgIpc) is 3.27. The van der Waals surface area contributed by atoms with Crippen molar-refractivity contribution in [1.29, 1.82) is 0 Å². The van der Waals surface area contributed by atoms with Crippen LogP contribution in [0.1, 0.15) is 34.8 Å². The highest BCUT2D eigenvalue weighted by Gasteiger charge is 2.32. The third-order valence-corrected chi connectivity index (χ3v) is 6.62. The molecule has 156 valence electrons. The number of fused-ring (bicyclic) bond motifs is 1. The van der Waals surface area contributed by atoms with Gasteiger partial charge < -0.3 is 14.4 Å². The molecular formula is C22H22N2O5S. The lowest BCUT2D eigenvalue weighted by Gasteiger charge is -2.27. The Labute approximate surface area is 176 Å². The first-order chi connectivity index (χ1) is 14.5. The van der Waals surface area contributed by atoms with Gasteiger partial charge >= 0.3 is 0 Å². The summed E-state index contributed by atoms with van der Waals surface area (Å²) in [5.41, 5.74) is 1.30. The fourth-order valence-electron chi connectivity index (χ4n) is 3.81. The molecule has 2 aliphatic rings. The molecule has 0 spiro atoms. The van der Waals surface area contributed by atoms with E-state index in [4.69, 9.17) is 15.9 Å². The Morgan fingerprint density at radius 2 is 1.97 bits per heavy atom. The van der Waals surface area contributed by atoms with Gasteiger partial charge in [0.25, 0.3) is 5.91 Å². The van der Waals surface area contributed by atoms with Crippen LogP contribution in [0, 0.1) is 12.3 Å². The van der Waals surface area contributed by atoms with Crippen molar-refractivity contribution < 1.29 is 22.7 Å². The molecule has 0 bridgehead atoms. The van der Waals surface area contributed by atoms with E-state index in [2.05, 4.69) is 10.6 Å². The van der Waals surface area contributed by atoms with Gasteiger partial charge in [0.05, 0.1) is 17.5 Å². The van der Waals surface area contributed by atoms with Gasteiger partial charge in [-0.25, -0.2) is 8.42 Å². The first-order valence-corrected chi connectivity index (χ1v) is 11.2. The molecule has 4 rings (SSSR count). The molecule has 30 heavy (non-hydrogen) atoms. The number of ether oxygens (including phenoxy) is 2. The standard InChI is InChI=1S/C22H22N2O5S/c1-2-10-23-30(26,27)18-6-3-5-17(14-18)22(25)24-11-4-7-19(24)16-8-9-20-21(15-16)29-13-12-28-20/h1,3,5-6,8-9,14-15,19,23H,4,7,10-13H2/t19-/m0/s1. The molecule has 2 aliphatic heterocycles. The summed E-state index contributed by atoms with van der Waals surface area (Å²) in [7, 11) is -3.77. The second kappa shape index (κ2) is 8.38. The number of rotatable bonds is 5. The number of amides is 1. The van der Waals surface area contributed by atoms with Crippen molar-refractivity contribution in [2.24, 2.45) is 0 Å². The van der Waals surface area contributed by atoms with Crippen molar-refractivity contribution in [2.45, 2.75) is 23.8 Å². The number of likely N-dealkylation sites (tertiary alicyclic amines) is 1. The van der Waals surface area contributed by atoms with E-state index in [1.165, 1.54) is 12.1 Å². The third kappa shape index (κ3) is 3.99. The number of terminal acetylenes is 1. The molecule has 1 amide bonds. The van der Waals surface area contributed by atoms with Crippen molar-refractivity contribution in [3.63, 3.8) is 0 Å². The number of carbonyl (C=O) groups is 1. The Balaban J connectivity index is 1.59. The summed E-state index contributed by atoms with van der Waals surface area (Å²) in [6, 6.07) is 11.7. The number of sulfonamides is 1. The molecule has 7 nitrogen and oxygen atoms in total. The van der Waals surface area contributed by atoms with E-state index in [0.717, 1.165) is 18.4 Å². The van der Waals surface area contributed by atoms with E-state index >= 15 is 0 Å². The number of hydrogen-bond donors (Lipinski definition) is 1. The number of nitrogens with zero attached hydrogens (tertiary/aromatic N) is 1. The van der Waals surface area contributed by atoms with Gasteiger partial charge in [0.2, 0.25) is 10.0 Å². The highest BCUT2D eigenvalue weighted by atomic mass is 32.2. The zero-order valence-corrected chi connectivity index (χ0v) is 17.2. The normalized spacial score (nSPS) is 18.1. The topological polar surface area (TPSA) is 84.9 Å². The first-order valence-electron chi connectivity index (χ1n) is 9.73. The molecule has 8 heteroatoms. The van der Waals surface area contributed by atoms with Crippen molar-refractivity contribution in [1.82, 2.24) is 9.62 Å². The van der Waals surface area contributed by atoms with Crippen LogP contribution in [0.4, 0.5) is 0 Å². The molecule has 1 saturated heterocycles. The summed E-state index contributed by atoms with van der Waals surface area (Å²) in [5, 5.41) is 0. The SMILES string of the molecule is C#CCNS(=O)(=O)c1cccc(C(=O)N2CCC[C@H]2c2ccc3c(c2)OCCO3)c1. The Hall–Kier alpha value is -3.02. The molecular weight excluding hydrogens is 404 g/mol. The second-order valence-electron chi connectivity index (χ2n) is 7.12. The van der Waals surface area contributed by atoms with Crippen LogP contribution >= 0.6 is 0 Å². The number of hydrogen-bond acceptors (Lipinski definition) is 5. The van der Waals surface area contributed by atoms with Crippen LogP contribution in [0.25, 0.3) is 0 Å². The molecule has 1 fully saturated rings. The summed E-state index contributed by atoms with van der Waals surface area (Å²) in [6.07, 6.45) is 6.83. The van der Waals surface area contributed by atoms with Crippen LogP contribution in [0.2, 0.25) is 0 Å². The van der Waals surface area contributed by atoms with Crippen LogP contribution in [-0.4, -0.2) is 45.5 Å². The van der Waals surface area contributed by atoms with E-state index in [1.54, 1.807) is 17.0 Å². The van der Waals surface area contributed by atoms with E-state index in [1.807, 2.05) is 18.2 Å². The molecule has 2 aromatic carbocycles. The van der Waals surface area contributed by atoms with Crippen molar-refractivity contribution in [2.75, 3.05) is 26.3 Å². The minimum absolute atomic E-state index is 0.0127. The largest absolute Gasteiger partial charge is 0.486 e. The predicted molar refractivity (Wildman–Crippen MR) is 111 cm³/mol. The smallest absolute Gasteiger partial charge is 0.254 e. The summed E-state index contributed by atoms with van der Waals surface area (Å²) in [5.74, 6) is 3.42. The van der Waals surface area contributed by atoms with Gasteiger partial charge in [-0.1, -0.05) is 18.1 Å². The van der Waals surface area contributed by atoms with Crippen LogP contribution in [0.3, 0.4) is 0 Å². The molecule has 0 aliphatic carbocycles. The van der Waals surface area contributed by atoms with Crippen molar-refractivity contribution in [3.8, 4) is 23.8 Å². The maximum absolute atomic E-state index is 13.2. The average molecular weight is 426 g/mol. The van der Waals surface area contributed by atoms with Crippen LogP contribution in [-0.2, 0) is 10.0 Å². The maximum Gasteiger partial charge on any atom is 0.254 e. The van der Waals surface area contributed by atoms with Crippen molar-refractivity contribution >= 4 is 15.9 Å². The lowest BCUT2D eigenvalue weighted by molar-refractivity contribution is 0.0735. The van der Waals surface area contributed by atoms with Gasteiger partial charge in [-0.05, 0) is 48.7 Å². The van der Waals surface area contributed by atoms with E-state index < -0.39 is 10.0 Å². The molecule has 0 radical (unpaired) electrons. The minimum atomic E-state index is -3.77. The second-order valence-corrected chi connectivity index (χ2v) is 8.88. The zero-order valence-electron chi connectivity index (χ0n) is 16.3. The molecule has 0 saturated carbocycles. The highest BCUT2D eigenvalue weighted by Crippen LogP contribution is 2.38. The Kier molecular flexibility index (Phi) is 5.66. The van der Waals surface area contributed by atoms with E-state index in [9.17, 15) is 13.2 Å². The Morgan fingerprint density at radius 1 is 1.17 bits per heavy atom. The first kappa shape index (κ1) is 20.3. The fourth-order valence-corrected chi connectivity index (χ4v) is 4.79. The lowest BCUT2D eigenvalue weighted by atomic mass is 10.0. The predicted octanol–water partition coefficient (Wildman–Crippen LogP) is 2.35. The molecule has 1 N–H and O–H groups in total. The Bertz CT molecular complexity index is 1110. The van der Waals surface area contributed by atoms with Gasteiger partial charge in [-0.3, -0.25) is 4.79 Å². The maximum atomic E-state index is 13.2. The molecule has 0 unspecified atom stereocenters. The highest BCUT2D eigenvalue weighted by molar-refractivity contribution is 7.89. The molecule has 2 heterocycles. The molecule has 2 aromatic rings.